The van der Waals surface area contributed by atoms with E-state index >= 15 is 0 Å². The molecule has 0 saturated carbocycles. The summed E-state index contributed by atoms with van der Waals surface area (Å²) in [6.07, 6.45) is 1.65. The average molecular weight is 457 g/mol. The van der Waals surface area contributed by atoms with Gasteiger partial charge in [0.1, 0.15) is 0 Å². The second-order valence-electron chi connectivity index (χ2n) is 8.35. The van der Waals surface area contributed by atoms with Crippen LogP contribution in [0.25, 0.3) is 43.8 Å². The van der Waals surface area contributed by atoms with Gasteiger partial charge in [-0.1, -0.05) is 78.9 Å². The molecule has 0 spiro atoms. The first-order valence-electron chi connectivity index (χ1n) is 11.3. The molecule has 6 rings (SSSR count). The summed E-state index contributed by atoms with van der Waals surface area (Å²) in [7, 11) is 0. The largest absolute Gasteiger partial charge is 0.454 e. The van der Waals surface area contributed by atoms with Crippen molar-refractivity contribution in [3.05, 3.63) is 114 Å². The van der Waals surface area contributed by atoms with E-state index in [1.807, 2.05) is 91.0 Å². The number of pyridine rings is 1. The Kier molecular flexibility index (Phi) is 5.08. The molecule has 5 heteroatoms. The first-order valence-corrected chi connectivity index (χ1v) is 11.3. The Balaban J connectivity index is 1.36. The van der Waals surface area contributed by atoms with Crippen molar-refractivity contribution < 1.29 is 14.3 Å². The Morgan fingerprint density at radius 2 is 1.46 bits per heavy atom. The minimum Gasteiger partial charge on any atom is -0.454 e. The number of carbonyl (C=O) groups excluding carboxylic acids is 2. The Morgan fingerprint density at radius 1 is 0.743 bits per heavy atom. The second kappa shape index (κ2) is 8.54. The number of nitrogens with zero attached hydrogens (tertiary/aromatic N) is 1. The van der Waals surface area contributed by atoms with Crippen LogP contribution in [0.2, 0.25) is 0 Å². The molecule has 0 aliphatic heterocycles. The summed E-state index contributed by atoms with van der Waals surface area (Å²) in [5.41, 5.74) is 4.04. The van der Waals surface area contributed by atoms with Gasteiger partial charge in [0, 0.05) is 33.6 Å². The van der Waals surface area contributed by atoms with Crippen molar-refractivity contribution in [1.82, 2.24) is 9.97 Å². The van der Waals surface area contributed by atoms with E-state index in [1.165, 1.54) is 0 Å². The SMILES string of the molecule is O=C(OCC(=O)c1c[nH]c2ccccc12)c1cc(-c2cccc3ccccc23)nc2ccccc12. The number of ether oxygens (including phenoxy) is 1. The number of para-hydroxylation sites is 2. The Hall–Kier alpha value is -4.77. The second-order valence-corrected chi connectivity index (χ2v) is 8.35. The number of H-pyrrole nitrogens is 1. The summed E-state index contributed by atoms with van der Waals surface area (Å²) >= 11 is 0. The van der Waals surface area contributed by atoms with Crippen LogP contribution >= 0.6 is 0 Å². The number of aromatic amines is 1. The molecular formula is C30H20N2O3. The number of carbonyl (C=O) groups is 2. The van der Waals surface area contributed by atoms with E-state index in [9.17, 15) is 9.59 Å². The lowest BCUT2D eigenvalue weighted by Crippen LogP contribution is -2.14. The van der Waals surface area contributed by atoms with Gasteiger partial charge in [-0.15, -0.1) is 0 Å². The number of esters is 1. The fourth-order valence-corrected chi connectivity index (χ4v) is 4.52. The topological polar surface area (TPSA) is 72.1 Å². The van der Waals surface area contributed by atoms with Crippen LogP contribution in [0, 0.1) is 0 Å². The average Bonchev–Trinajstić information content (AvgIpc) is 3.35. The van der Waals surface area contributed by atoms with Gasteiger partial charge < -0.3 is 9.72 Å². The quantitative estimate of drug-likeness (QED) is 0.235. The van der Waals surface area contributed by atoms with Crippen LogP contribution in [0.5, 0.6) is 0 Å². The van der Waals surface area contributed by atoms with Crippen molar-refractivity contribution in [2.75, 3.05) is 6.61 Å². The van der Waals surface area contributed by atoms with E-state index in [1.54, 1.807) is 12.3 Å². The van der Waals surface area contributed by atoms with Gasteiger partial charge in [0.25, 0.3) is 0 Å². The van der Waals surface area contributed by atoms with Crippen LogP contribution in [0.1, 0.15) is 20.7 Å². The molecule has 168 valence electrons. The lowest BCUT2D eigenvalue weighted by Gasteiger charge is -2.11. The molecule has 0 radical (unpaired) electrons. The lowest BCUT2D eigenvalue weighted by atomic mass is 9.99. The van der Waals surface area contributed by atoms with Crippen LogP contribution in [0.15, 0.2) is 103 Å². The van der Waals surface area contributed by atoms with Crippen molar-refractivity contribution >= 4 is 44.3 Å². The van der Waals surface area contributed by atoms with Crippen molar-refractivity contribution in [2.45, 2.75) is 0 Å². The number of ketones is 1. The molecule has 6 aromatic rings. The maximum atomic E-state index is 13.2. The van der Waals surface area contributed by atoms with E-state index < -0.39 is 5.97 Å². The highest BCUT2D eigenvalue weighted by Crippen LogP contribution is 2.31. The predicted octanol–water partition coefficient (Wildman–Crippen LogP) is 6.58. The van der Waals surface area contributed by atoms with Crippen LogP contribution in [0.3, 0.4) is 0 Å². The third-order valence-corrected chi connectivity index (χ3v) is 6.23. The van der Waals surface area contributed by atoms with E-state index in [4.69, 9.17) is 9.72 Å². The molecule has 5 nitrogen and oxygen atoms in total. The van der Waals surface area contributed by atoms with Gasteiger partial charge in [0.15, 0.2) is 6.61 Å². The molecule has 2 heterocycles. The number of Topliss-reactive ketones (excluding diaryl/α,β-unsaturated/α-hetero) is 1. The highest BCUT2D eigenvalue weighted by atomic mass is 16.5. The molecule has 35 heavy (non-hydrogen) atoms. The van der Waals surface area contributed by atoms with Crippen molar-refractivity contribution in [2.24, 2.45) is 0 Å². The number of rotatable bonds is 5. The molecule has 4 aromatic carbocycles. The van der Waals surface area contributed by atoms with Crippen LogP contribution < -0.4 is 0 Å². The normalized spacial score (nSPS) is 11.2. The van der Waals surface area contributed by atoms with Crippen LogP contribution in [-0.4, -0.2) is 28.3 Å². The number of hydrogen-bond donors (Lipinski definition) is 1. The third kappa shape index (κ3) is 3.73. The van der Waals surface area contributed by atoms with Gasteiger partial charge in [-0.05, 0) is 29.0 Å². The van der Waals surface area contributed by atoms with E-state index in [0.717, 1.165) is 27.2 Å². The molecule has 2 aromatic heterocycles. The summed E-state index contributed by atoms with van der Waals surface area (Å²) in [6, 6.07) is 30.8. The summed E-state index contributed by atoms with van der Waals surface area (Å²) in [6.45, 7) is -0.346. The van der Waals surface area contributed by atoms with Crippen LogP contribution in [0.4, 0.5) is 0 Å². The molecule has 0 aliphatic carbocycles. The first kappa shape index (κ1) is 20.8. The molecule has 1 N–H and O–H groups in total. The fourth-order valence-electron chi connectivity index (χ4n) is 4.52. The summed E-state index contributed by atoms with van der Waals surface area (Å²) < 4.78 is 5.52. The molecule has 0 unspecified atom stereocenters. The van der Waals surface area contributed by atoms with Gasteiger partial charge in [-0.2, -0.15) is 0 Å². The molecular weight excluding hydrogens is 436 g/mol. The number of fused-ring (bicyclic) bond motifs is 3. The molecule has 0 fully saturated rings. The summed E-state index contributed by atoms with van der Waals surface area (Å²) in [4.78, 5) is 34.0. The number of benzene rings is 4. The van der Waals surface area contributed by atoms with Crippen molar-refractivity contribution in [1.29, 1.82) is 0 Å². The zero-order valence-corrected chi connectivity index (χ0v) is 18.7. The molecule has 0 atom stereocenters. The van der Waals surface area contributed by atoms with Gasteiger partial charge >= 0.3 is 5.97 Å². The minimum absolute atomic E-state index is 0.261. The lowest BCUT2D eigenvalue weighted by molar-refractivity contribution is 0.0477. The molecule has 0 aliphatic rings. The van der Waals surface area contributed by atoms with Gasteiger partial charge in [-0.25, -0.2) is 9.78 Å². The minimum atomic E-state index is -0.557. The van der Waals surface area contributed by atoms with Gasteiger partial charge in [-0.3, -0.25) is 4.79 Å². The summed E-state index contributed by atoms with van der Waals surface area (Å²) in [5, 5.41) is 3.63. The smallest absolute Gasteiger partial charge is 0.339 e. The Bertz CT molecular complexity index is 1740. The number of hydrogen-bond acceptors (Lipinski definition) is 4. The number of nitrogens with one attached hydrogen (secondary N) is 1. The van der Waals surface area contributed by atoms with Crippen LogP contribution in [-0.2, 0) is 4.74 Å². The van der Waals surface area contributed by atoms with E-state index in [0.29, 0.717) is 27.7 Å². The number of aromatic nitrogens is 2. The molecule has 0 saturated heterocycles. The van der Waals surface area contributed by atoms with Crippen molar-refractivity contribution in [3.63, 3.8) is 0 Å². The fraction of sp³-hybridized carbons (Fsp3) is 0.0333. The highest BCUT2D eigenvalue weighted by molar-refractivity contribution is 6.10. The van der Waals surface area contributed by atoms with Crippen molar-refractivity contribution in [3.8, 4) is 11.3 Å². The molecule has 0 bridgehead atoms. The van der Waals surface area contributed by atoms with Gasteiger partial charge in [0.05, 0.1) is 16.8 Å². The monoisotopic (exact) mass is 456 g/mol. The Morgan fingerprint density at radius 3 is 2.34 bits per heavy atom. The van der Waals surface area contributed by atoms with Gasteiger partial charge in [0.2, 0.25) is 5.78 Å². The third-order valence-electron chi connectivity index (χ3n) is 6.23. The summed E-state index contributed by atoms with van der Waals surface area (Å²) in [5.74, 6) is -0.818. The predicted molar refractivity (Wildman–Crippen MR) is 138 cm³/mol. The zero-order valence-electron chi connectivity index (χ0n) is 18.7. The Labute approximate surface area is 201 Å². The maximum absolute atomic E-state index is 13.2. The first-order chi connectivity index (χ1) is 17.2. The maximum Gasteiger partial charge on any atom is 0.339 e. The molecule has 0 amide bonds. The zero-order chi connectivity index (χ0) is 23.8. The highest BCUT2D eigenvalue weighted by Gasteiger charge is 2.19. The van der Waals surface area contributed by atoms with E-state index in [-0.39, 0.29) is 12.4 Å². The van der Waals surface area contributed by atoms with E-state index in [2.05, 4.69) is 4.98 Å². The standard InChI is InChI=1S/C30H20N2O3/c33-29(25-17-31-26-14-5-3-12-23(25)26)18-35-30(34)24-16-28(32-27-15-6-4-11-22(24)27)21-13-7-9-19-8-1-2-10-20(19)21/h1-17,31H,18H2.